The third-order valence-electron chi connectivity index (χ3n) is 5.98. The van der Waals surface area contributed by atoms with Gasteiger partial charge in [0.1, 0.15) is 0 Å². The predicted molar refractivity (Wildman–Crippen MR) is 96.9 cm³/mol. The highest BCUT2D eigenvalue weighted by Crippen LogP contribution is 2.39. The van der Waals surface area contributed by atoms with Crippen molar-refractivity contribution in [3.05, 3.63) is 30.1 Å². The smallest absolute Gasteiger partial charge is 0.222 e. The number of aromatic nitrogens is 1. The van der Waals surface area contributed by atoms with Crippen molar-refractivity contribution in [2.24, 2.45) is 0 Å². The van der Waals surface area contributed by atoms with Crippen LogP contribution in [0, 0.1) is 0 Å². The lowest BCUT2D eigenvalue weighted by Crippen LogP contribution is -2.45. The monoisotopic (exact) mass is 329 g/mol. The normalized spacial score (nSPS) is 21.1. The first kappa shape index (κ1) is 17.4. The molecular weight excluding hydrogens is 298 g/mol. The van der Waals surface area contributed by atoms with Gasteiger partial charge in [-0.2, -0.15) is 0 Å². The Labute approximate surface area is 146 Å². The van der Waals surface area contributed by atoms with Gasteiger partial charge in [-0.3, -0.25) is 9.78 Å². The Hall–Kier alpha value is -1.42. The van der Waals surface area contributed by atoms with Crippen LogP contribution >= 0.6 is 0 Å². The zero-order valence-electron chi connectivity index (χ0n) is 15.0. The summed E-state index contributed by atoms with van der Waals surface area (Å²) in [6.45, 7) is 7.52. The number of carbonyl (C=O) groups is 1. The molecule has 1 aromatic heterocycles. The van der Waals surface area contributed by atoms with E-state index in [9.17, 15) is 4.79 Å². The highest BCUT2D eigenvalue weighted by atomic mass is 16.2. The molecule has 3 rings (SSSR count). The minimum Gasteiger partial charge on any atom is -0.343 e. The van der Waals surface area contributed by atoms with Crippen molar-refractivity contribution in [3.8, 4) is 0 Å². The van der Waals surface area contributed by atoms with Gasteiger partial charge in [0, 0.05) is 37.3 Å². The largest absolute Gasteiger partial charge is 0.343 e. The van der Waals surface area contributed by atoms with Gasteiger partial charge in [-0.1, -0.05) is 13.0 Å². The van der Waals surface area contributed by atoms with Crippen LogP contribution in [-0.4, -0.2) is 53.4 Å². The molecule has 3 heterocycles. The summed E-state index contributed by atoms with van der Waals surface area (Å²) >= 11 is 0. The van der Waals surface area contributed by atoms with E-state index in [0.717, 1.165) is 25.9 Å². The number of hydrogen-bond acceptors (Lipinski definition) is 3. The summed E-state index contributed by atoms with van der Waals surface area (Å²) in [5, 5.41) is 0. The molecule has 4 heteroatoms. The summed E-state index contributed by atoms with van der Waals surface area (Å²) in [4.78, 5) is 21.0. The molecule has 0 saturated carbocycles. The van der Waals surface area contributed by atoms with Crippen LogP contribution in [0.4, 0.5) is 0 Å². The van der Waals surface area contributed by atoms with Crippen molar-refractivity contribution in [3.63, 3.8) is 0 Å². The summed E-state index contributed by atoms with van der Waals surface area (Å²) in [5.41, 5.74) is 1.58. The molecule has 2 aliphatic rings. The molecule has 24 heavy (non-hydrogen) atoms. The number of amides is 1. The maximum Gasteiger partial charge on any atom is 0.222 e. The van der Waals surface area contributed by atoms with E-state index < -0.39 is 0 Å². The second-order valence-electron chi connectivity index (χ2n) is 7.41. The van der Waals surface area contributed by atoms with Crippen LogP contribution in [0.25, 0.3) is 0 Å². The lowest BCUT2D eigenvalue weighted by molar-refractivity contribution is -0.132. The number of carbonyl (C=O) groups excluding carboxylic acids is 1. The van der Waals surface area contributed by atoms with E-state index in [1.54, 1.807) is 0 Å². The molecule has 0 bridgehead atoms. The van der Waals surface area contributed by atoms with Gasteiger partial charge in [0.05, 0.1) is 0 Å². The number of piperidine rings is 1. The first-order valence-corrected chi connectivity index (χ1v) is 9.64. The second kappa shape index (κ2) is 8.11. The van der Waals surface area contributed by atoms with E-state index in [2.05, 4.69) is 26.9 Å². The SMILES string of the molecule is CCC(=O)N1CCC(CCCN2CCCC2)(c2cccnc2)CC1. The maximum atomic E-state index is 12.0. The van der Waals surface area contributed by atoms with Crippen molar-refractivity contribution < 1.29 is 4.79 Å². The van der Waals surface area contributed by atoms with Gasteiger partial charge in [0.2, 0.25) is 5.91 Å². The van der Waals surface area contributed by atoms with Crippen LogP contribution in [-0.2, 0) is 10.2 Å². The average molecular weight is 329 g/mol. The van der Waals surface area contributed by atoms with E-state index in [1.807, 2.05) is 19.3 Å². The number of rotatable bonds is 6. The molecule has 132 valence electrons. The predicted octanol–water partition coefficient (Wildman–Crippen LogP) is 3.23. The molecule has 0 N–H and O–H groups in total. The summed E-state index contributed by atoms with van der Waals surface area (Å²) in [5.74, 6) is 0.298. The van der Waals surface area contributed by atoms with Gasteiger partial charge in [-0.15, -0.1) is 0 Å². The molecule has 2 fully saturated rings. The molecule has 0 spiro atoms. The van der Waals surface area contributed by atoms with Crippen LogP contribution in [0.5, 0.6) is 0 Å². The fourth-order valence-corrected chi connectivity index (χ4v) is 4.41. The molecule has 1 aromatic rings. The van der Waals surface area contributed by atoms with E-state index in [0.29, 0.717) is 12.3 Å². The van der Waals surface area contributed by atoms with Crippen LogP contribution in [0.15, 0.2) is 24.5 Å². The average Bonchev–Trinajstić information content (AvgIpc) is 3.16. The number of nitrogens with zero attached hydrogens (tertiary/aromatic N) is 3. The molecule has 0 radical (unpaired) electrons. The van der Waals surface area contributed by atoms with Crippen LogP contribution < -0.4 is 0 Å². The lowest BCUT2D eigenvalue weighted by Gasteiger charge is -2.42. The van der Waals surface area contributed by atoms with Crippen LogP contribution in [0.1, 0.15) is 57.4 Å². The maximum absolute atomic E-state index is 12.0. The summed E-state index contributed by atoms with van der Waals surface area (Å²) in [6, 6.07) is 4.29. The van der Waals surface area contributed by atoms with Gasteiger partial charge in [0.25, 0.3) is 0 Å². The first-order chi connectivity index (χ1) is 11.7. The Kier molecular flexibility index (Phi) is 5.88. The van der Waals surface area contributed by atoms with Gasteiger partial charge < -0.3 is 9.80 Å². The number of likely N-dealkylation sites (tertiary alicyclic amines) is 2. The molecule has 0 aromatic carbocycles. The van der Waals surface area contributed by atoms with Crippen molar-refractivity contribution in [2.75, 3.05) is 32.7 Å². The third-order valence-corrected chi connectivity index (χ3v) is 5.98. The molecule has 2 saturated heterocycles. The molecule has 0 aliphatic carbocycles. The Morgan fingerprint density at radius 1 is 1.21 bits per heavy atom. The summed E-state index contributed by atoms with van der Waals surface area (Å²) < 4.78 is 0. The third kappa shape index (κ3) is 3.97. The van der Waals surface area contributed by atoms with E-state index >= 15 is 0 Å². The van der Waals surface area contributed by atoms with Gasteiger partial charge in [0.15, 0.2) is 0 Å². The minimum atomic E-state index is 0.207. The molecule has 0 atom stereocenters. The van der Waals surface area contributed by atoms with Gasteiger partial charge >= 0.3 is 0 Å². The highest BCUT2D eigenvalue weighted by molar-refractivity contribution is 5.75. The molecule has 0 unspecified atom stereocenters. The van der Waals surface area contributed by atoms with Crippen LogP contribution in [0.2, 0.25) is 0 Å². The zero-order valence-corrected chi connectivity index (χ0v) is 15.0. The Morgan fingerprint density at radius 2 is 1.96 bits per heavy atom. The Bertz CT molecular complexity index is 517. The quantitative estimate of drug-likeness (QED) is 0.804. The summed E-state index contributed by atoms with van der Waals surface area (Å²) in [7, 11) is 0. The standard InChI is InChI=1S/C20H31N3O/c1-2-19(24)23-15-9-20(10-16-23,18-7-5-11-21-17-18)8-6-14-22-12-3-4-13-22/h5,7,11,17H,2-4,6,8-10,12-16H2,1H3. The fourth-order valence-electron chi connectivity index (χ4n) is 4.41. The fraction of sp³-hybridized carbons (Fsp3) is 0.700. The van der Waals surface area contributed by atoms with E-state index in [4.69, 9.17) is 0 Å². The number of hydrogen-bond donors (Lipinski definition) is 0. The van der Waals surface area contributed by atoms with Gasteiger partial charge in [-0.25, -0.2) is 0 Å². The van der Waals surface area contributed by atoms with E-state index in [1.165, 1.54) is 50.9 Å². The van der Waals surface area contributed by atoms with Crippen LogP contribution in [0.3, 0.4) is 0 Å². The Balaban J connectivity index is 1.65. The van der Waals surface area contributed by atoms with Crippen molar-refractivity contribution in [1.82, 2.24) is 14.8 Å². The highest BCUT2D eigenvalue weighted by Gasteiger charge is 2.37. The molecule has 2 aliphatic heterocycles. The molecule has 4 nitrogen and oxygen atoms in total. The first-order valence-electron chi connectivity index (χ1n) is 9.64. The van der Waals surface area contributed by atoms with Crippen molar-refractivity contribution in [1.29, 1.82) is 0 Å². The minimum absolute atomic E-state index is 0.207. The Morgan fingerprint density at radius 3 is 2.58 bits per heavy atom. The zero-order chi connectivity index (χ0) is 16.8. The summed E-state index contributed by atoms with van der Waals surface area (Å²) in [6.07, 6.45) is 11.9. The lowest BCUT2D eigenvalue weighted by atomic mass is 9.70. The topological polar surface area (TPSA) is 36.4 Å². The van der Waals surface area contributed by atoms with Crippen molar-refractivity contribution in [2.45, 2.75) is 57.3 Å². The molecular formula is C20H31N3O. The van der Waals surface area contributed by atoms with Crippen molar-refractivity contribution >= 4 is 5.91 Å². The molecule has 1 amide bonds. The van der Waals surface area contributed by atoms with E-state index in [-0.39, 0.29) is 5.41 Å². The van der Waals surface area contributed by atoms with Gasteiger partial charge in [-0.05, 0) is 69.8 Å². The number of pyridine rings is 1. The second-order valence-corrected chi connectivity index (χ2v) is 7.41.